The molecule has 6 heteroatoms. The Hall–Kier alpha value is -1.50. The lowest BCUT2D eigenvalue weighted by Crippen LogP contribution is -2.19. The van der Waals surface area contributed by atoms with E-state index in [0.717, 1.165) is 5.75 Å². The van der Waals surface area contributed by atoms with Crippen LogP contribution < -0.4 is 14.2 Å². The van der Waals surface area contributed by atoms with Gasteiger partial charge in [0.15, 0.2) is 17.8 Å². The molecule has 1 heterocycles. The summed E-state index contributed by atoms with van der Waals surface area (Å²) in [4.78, 5) is 0. The van der Waals surface area contributed by atoms with E-state index < -0.39 is 0 Å². The second-order valence-electron chi connectivity index (χ2n) is 4.18. The standard InChI is InChI=1S/C14H20O6/c1-11(17-8-7-16-6-5-15-2)20-12-3-4-13-14(9-12)19-10-18-13/h3-4,9,11H,5-8,10H2,1-2H3. The monoisotopic (exact) mass is 284 g/mol. The van der Waals surface area contributed by atoms with E-state index in [9.17, 15) is 0 Å². The Morgan fingerprint density at radius 2 is 1.90 bits per heavy atom. The normalized spacial score (nSPS) is 14.3. The number of hydrogen-bond acceptors (Lipinski definition) is 6. The van der Waals surface area contributed by atoms with Crippen molar-refractivity contribution in [3.8, 4) is 17.2 Å². The summed E-state index contributed by atoms with van der Waals surface area (Å²) in [6, 6.07) is 5.43. The van der Waals surface area contributed by atoms with Crippen LogP contribution >= 0.6 is 0 Å². The molecule has 0 radical (unpaired) electrons. The summed E-state index contributed by atoms with van der Waals surface area (Å²) < 4.78 is 31.8. The van der Waals surface area contributed by atoms with Gasteiger partial charge in [0, 0.05) is 13.2 Å². The lowest BCUT2D eigenvalue weighted by molar-refractivity contribution is -0.0854. The number of rotatable bonds is 9. The van der Waals surface area contributed by atoms with Crippen molar-refractivity contribution >= 4 is 0 Å². The molecule has 0 N–H and O–H groups in total. The molecule has 6 nitrogen and oxygen atoms in total. The summed E-state index contributed by atoms with van der Waals surface area (Å²) >= 11 is 0. The minimum Gasteiger partial charge on any atom is -0.465 e. The van der Waals surface area contributed by atoms with Crippen LogP contribution in [0.3, 0.4) is 0 Å². The fraction of sp³-hybridized carbons (Fsp3) is 0.571. The van der Waals surface area contributed by atoms with Gasteiger partial charge in [-0.25, -0.2) is 0 Å². The van der Waals surface area contributed by atoms with Crippen molar-refractivity contribution in [2.75, 3.05) is 40.3 Å². The summed E-state index contributed by atoms with van der Waals surface area (Å²) in [7, 11) is 1.64. The first-order valence-electron chi connectivity index (χ1n) is 6.54. The van der Waals surface area contributed by atoms with Crippen molar-refractivity contribution in [3.05, 3.63) is 18.2 Å². The van der Waals surface area contributed by atoms with E-state index in [1.54, 1.807) is 13.2 Å². The Morgan fingerprint density at radius 3 is 2.75 bits per heavy atom. The SMILES string of the molecule is COCCOCCOC(C)Oc1ccc2c(c1)OCO2. The molecule has 1 aliphatic heterocycles. The lowest BCUT2D eigenvalue weighted by Gasteiger charge is -2.15. The zero-order chi connectivity index (χ0) is 14.2. The van der Waals surface area contributed by atoms with Gasteiger partial charge in [-0.15, -0.1) is 0 Å². The van der Waals surface area contributed by atoms with E-state index in [2.05, 4.69) is 0 Å². The third kappa shape index (κ3) is 4.56. The fourth-order valence-electron chi connectivity index (χ4n) is 1.69. The van der Waals surface area contributed by atoms with Crippen LogP contribution in [-0.4, -0.2) is 46.6 Å². The molecular formula is C14H20O6. The molecule has 20 heavy (non-hydrogen) atoms. The zero-order valence-electron chi connectivity index (χ0n) is 11.8. The summed E-state index contributed by atoms with van der Waals surface area (Å²) in [6.45, 7) is 4.22. The van der Waals surface area contributed by atoms with E-state index in [1.165, 1.54) is 0 Å². The fourth-order valence-corrected chi connectivity index (χ4v) is 1.69. The summed E-state index contributed by atoms with van der Waals surface area (Å²) in [5, 5.41) is 0. The third-order valence-electron chi connectivity index (χ3n) is 2.66. The quantitative estimate of drug-likeness (QED) is 0.509. The van der Waals surface area contributed by atoms with Gasteiger partial charge in [0.25, 0.3) is 0 Å². The molecule has 1 aliphatic rings. The lowest BCUT2D eigenvalue weighted by atomic mass is 10.3. The molecular weight excluding hydrogens is 264 g/mol. The van der Waals surface area contributed by atoms with Gasteiger partial charge in [0.2, 0.25) is 6.79 Å². The van der Waals surface area contributed by atoms with Gasteiger partial charge in [-0.1, -0.05) is 0 Å². The third-order valence-corrected chi connectivity index (χ3v) is 2.66. The summed E-state index contributed by atoms with van der Waals surface area (Å²) in [5.41, 5.74) is 0. The average molecular weight is 284 g/mol. The highest BCUT2D eigenvalue weighted by Gasteiger charge is 2.14. The molecule has 0 aromatic heterocycles. The number of ether oxygens (including phenoxy) is 6. The van der Waals surface area contributed by atoms with Gasteiger partial charge in [-0.05, 0) is 19.1 Å². The van der Waals surface area contributed by atoms with Gasteiger partial charge in [0.05, 0.1) is 26.4 Å². The first-order valence-corrected chi connectivity index (χ1v) is 6.54. The van der Waals surface area contributed by atoms with E-state index in [0.29, 0.717) is 37.9 Å². The van der Waals surface area contributed by atoms with Gasteiger partial charge in [0.1, 0.15) is 5.75 Å². The van der Waals surface area contributed by atoms with Crippen LogP contribution in [0.5, 0.6) is 17.2 Å². The molecule has 0 saturated carbocycles. The molecule has 112 valence electrons. The van der Waals surface area contributed by atoms with Crippen molar-refractivity contribution in [2.24, 2.45) is 0 Å². The van der Waals surface area contributed by atoms with Crippen molar-refractivity contribution in [2.45, 2.75) is 13.2 Å². The number of fused-ring (bicyclic) bond motifs is 1. The number of benzene rings is 1. The molecule has 0 aliphatic carbocycles. The zero-order valence-corrected chi connectivity index (χ0v) is 11.8. The van der Waals surface area contributed by atoms with Gasteiger partial charge < -0.3 is 28.4 Å². The minimum absolute atomic E-state index is 0.254. The molecule has 1 aromatic rings. The molecule has 1 atom stereocenters. The van der Waals surface area contributed by atoms with E-state index in [-0.39, 0.29) is 13.1 Å². The smallest absolute Gasteiger partial charge is 0.231 e. The Bertz CT molecular complexity index is 409. The van der Waals surface area contributed by atoms with Crippen LogP contribution in [0.4, 0.5) is 0 Å². The molecule has 1 aromatic carbocycles. The molecule has 0 amide bonds. The van der Waals surface area contributed by atoms with Crippen LogP contribution in [0.15, 0.2) is 18.2 Å². The summed E-state index contributed by atoms with van der Waals surface area (Å²) in [6.07, 6.45) is -0.360. The molecule has 0 fully saturated rings. The van der Waals surface area contributed by atoms with Crippen molar-refractivity contribution in [3.63, 3.8) is 0 Å². The van der Waals surface area contributed by atoms with Crippen molar-refractivity contribution < 1.29 is 28.4 Å². The van der Waals surface area contributed by atoms with Crippen molar-refractivity contribution in [1.29, 1.82) is 0 Å². The topological polar surface area (TPSA) is 55.4 Å². The molecule has 0 spiro atoms. The second kappa shape index (κ2) is 7.94. The van der Waals surface area contributed by atoms with E-state index in [1.807, 2.05) is 19.1 Å². The maximum absolute atomic E-state index is 5.63. The largest absolute Gasteiger partial charge is 0.465 e. The number of hydrogen-bond donors (Lipinski definition) is 0. The summed E-state index contributed by atoms with van der Waals surface area (Å²) in [5.74, 6) is 2.11. The Balaban J connectivity index is 1.65. The molecule has 2 rings (SSSR count). The first kappa shape index (κ1) is 14.9. The molecule has 0 saturated heterocycles. The second-order valence-corrected chi connectivity index (χ2v) is 4.18. The maximum Gasteiger partial charge on any atom is 0.231 e. The molecule has 1 unspecified atom stereocenters. The highest BCUT2D eigenvalue weighted by atomic mass is 16.7. The Kier molecular flexibility index (Phi) is 5.91. The van der Waals surface area contributed by atoms with Crippen LogP contribution in [-0.2, 0) is 14.2 Å². The Labute approximate surface area is 118 Å². The van der Waals surface area contributed by atoms with Crippen LogP contribution in [0.25, 0.3) is 0 Å². The van der Waals surface area contributed by atoms with Crippen molar-refractivity contribution in [1.82, 2.24) is 0 Å². The van der Waals surface area contributed by atoms with Gasteiger partial charge in [-0.2, -0.15) is 0 Å². The van der Waals surface area contributed by atoms with E-state index in [4.69, 9.17) is 28.4 Å². The van der Waals surface area contributed by atoms with Crippen LogP contribution in [0.1, 0.15) is 6.92 Å². The predicted octanol–water partition coefficient (Wildman–Crippen LogP) is 1.82. The predicted molar refractivity (Wildman–Crippen MR) is 71.3 cm³/mol. The maximum atomic E-state index is 5.63. The first-order chi connectivity index (χ1) is 9.79. The van der Waals surface area contributed by atoms with E-state index >= 15 is 0 Å². The minimum atomic E-state index is -0.360. The highest BCUT2D eigenvalue weighted by molar-refractivity contribution is 5.46. The number of methoxy groups -OCH3 is 1. The van der Waals surface area contributed by atoms with Gasteiger partial charge in [-0.3, -0.25) is 0 Å². The molecule has 0 bridgehead atoms. The van der Waals surface area contributed by atoms with Gasteiger partial charge >= 0.3 is 0 Å². The Morgan fingerprint density at radius 1 is 1.10 bits per heavy atom. The van der Waals surface area contributed by atoms with Crippen LogP contribution in [0.2, 0.25) is 0 Å². The highest BCUT2D eigenvalue weighted by Crippen LogP contribution is 2.35. The average Bonchev–Trinajstić information content (AvgIpc) is 2.90. The van der Waals surface area contributed by atoms with Crippen LogP contribution in [0, 0.1) is 0 Å².